The Morgan fingerprint density at radius 2 is 2.27 bits per heavy atom. The van der Waals surface area contributed by atoms with Crippen LogP contribution < -0.4 is 0 Å². The molecule has 0 spiro atoms. The summed E-state index contributed by atoms with van der Waals surface area (Å²) in [4.78, 5) is 4.90. The molecule has 2 rings (SSSR count). The highest BCUT2D eigenvalue weighted by Gasteiger charge is 2.03. The highest BCUT2D eigenvalue weighted by atomic mass is 32.1. The van der Waals surface area contributed by atoms with Crippen molar-refractivity contribution < 1.29 is 4.42 Å². The molecule has 0 saturated carbocycles. The Kier molecular flexibility index (Phi) is 1.39. The summed E-state index contributed by atoms with van der Waals surface area (Å²) in [7, 11) is 0. The molecular weight excluding hydrogens is 158 g/mol. The number of rotatable bonds is 0. The molecule has 0 radical (unpaired) electrons. The number of thiol groups is 1. The van der Waals surface area contributed by atoms with Gasteiger partial charge < -0.3 is 4.42 Å². The lowest BCUT2D eigenvalue weighted by Gasteiger charge is -1.94. The summed E-state index contributed by atoms with van der Waals surface area (Å²) in [6, 6.07) is 3.89. The minimum Gasteiger partial charge on any atom is -0.442 e. The van der Waals surface area contributed by atoms with E-state index in [1.165, 1.54) is 6.39 Å². The van der Waals surface area contributed by atoms with Gasteiger partial charge >= 0.3 is 0 Å². The lowest BCUT2D eigenvalue weighted by molar-refractivity contribution is 0.595. The largest absolute Gasteiger partial charge is 0.442 e. The highest BCUT2D eigenvalue weighted by molar-refractivity contribution is 7.80. The van der Waals surface area contributed by atoms with Crippen LogP contribution in [0, 0.1) is 6.92 Å². The zero-order valence-electron chi connectivity index (χ0n) is 6.03. The zero-order valence-corrected chi connectivity index (χ0v) is 6.93. The van der Waals surface area contributed by atoms with Crippen molar-refractivity contribution in [3.05, 3.63) is 24.1 Å². The molecule has 56 valence electrons. The van der Waals surface area contributed by atoms with E-state index in [-0.39, 0.29) is 0 Å². The molecule has 3 heteroatoms. The second-order valence-electron chi connectivity index (χ2n) is 2.43. The number of aromatic nitrogens is 1. The first kappa shape index (κ1) is 6.73. The van der Waals surface area contributed by atoms with Crippen LogP contribution in [-0.4, -0.2) is 4.98 Å². The van der Waals surface area contributed by atoms with E-state index in [1.54, 1.807) is 0 Å². The van der Waals surface area contributed by atoms with Crippen molar-refractivity contribution in [3.8, 4) is 0 Å². The van der Waals surface area contributed by atoms with Crippen LogP contribution in [0.4, 0.5) is 0 Å². The molecule has 11 heavy (non-hydrogen) atoms. The topological polar surface area (TPSA) is 26.0 Å². The minimum absolute atomic E-state index is 0.772. The number of hydrogen-bond acceptors (Lipinski definition) is 3. The smallest absolute Gasteiger partial charge is 0.182 e. The van der Waals surface area contributed by atoms with Gasteiger partial charge in [0, 0.05) is 4.90 Å². The summed E-state index contributed by atoms with van der Waals surface area (Å²) in [5.41, 5.74) is 2.79. The van der Waals surface area contributed by atoms with Gasteiger partial charge in [0.05, 0.1) is 0 Å². The Bertz CT molecular complexity index is 358. The van der Waals surface area contributed by atoms with Gasteiger partial charge in [-0.1, -0.05) is 6.07 Å². The molecule has 0 N–H and O–H groups in total. The predicted octanol–water partition coefficient (Wildman–Crippen LogP) is 2.42. The van der Waals surface area contributed by atoms with Crippen LogP contribution in [0.25, 0.3) is 11.1 Å². The van der Waals surface area contributed by atoms with E-state index in [1.807, 2.05) is 19.1 Å². The molecular formula is C8H7NOS. The fraction of sp³-hybridized carbons (Fsp3) is 0.125. The maximum atomic E-state index is 5.14. The zero-order chi connectivity index (χ0) is 7.84. The van der Waals surface area contributed by atoms with Gasteiger partial charge in [0.2, 0.25) is 0 Å². The van der Waals surface area contributed by atoms with Crippen molar-refractivity contribution in [3.63, 3.8) is 0 Å². The Hall–Kier alpha value is -0.960. The van der Waals surface area contributed by atoms with Gasteiger partial charge in [0.25, 0.3) is 0 Å². The molecule has 0 aliphatic heterocycles. The van der Waals surface area contributed by atoms with E-state index < -0.39 is 0 Å². The SMILES string of the molecule is Cc1ccc(S)c2ocnc12. The minimum atomic E-state index is 0.772. The molecule has 0 unspecified atom stereocenters. The van der Waals surface area contributed by atoms with Crippen LogP contribution in [0.3, 0.4) is 0 Å². The van der Waals surface area contributed by atoms with Gasteiger partial charge in [-0.3, -0.25) is 0 Å². The van der Waals surface area contributed by atoms with Gasteiger partial charge in [-0.15, -0.1) is 12.6 Å². The molecule has 0 bridgehead atoms. The Balaban J connectivity index is 2.96. The van der Waals surface area contributed by atoms with Gasteiger partial charge in [0.1, 0.15) is 5.52 Å². The quantitative estimate of drug-likeness (QED) is 0.607. The van der Waals surface area contributed by atoms with Crippen LogP contribution in [0.2, 0.25) is 0 Å². The number of aryl methyl sites for hydroxylation is 1. The number of oxazole rings is 1. The summed E-state index contributed by atoms with van der Waals surface area (Å²) in [5.74, 6) is 0. The molecule has 0 aliphatic carbocycles. The number of benzene rings is 1. The summed E-state index contributed by atoms with van der Waals surface area (Å²) in [5, 5.41) is 0. The molecule has 2 nitrogen and oxygen atoms in total. The Labute approximate surface area is 69.6 Å². The first-order chi connectivity index (χ1) is 5.29. The number of hydrogen-bond donors (Lipinski definition) is 1. The fourth-order valence-electron chi connectivity index (χ4n) is 1.07. The van der Waals surface area contributed by atoms with E-state index in [0.29, 0.717) is 0 Å². The molecule has 1 aromatic carbocycles. The van der Waals surface area contributed by atoms with Crippen LogP contribution in [-0.2, 0) is 0 Å². The summed E-state index contributed by atoms with van der Waals surface area (Å²) < 4.78 is 5.14. The first-order valence-electron chi connectivity index (χ1n) is 3.31. The highest BCUT2D eigenvalue weighted by Crippen LogP contribution is 2.23. The van der Waals surface area contributed by atoms with Gasteiger partial charge in [-0.05, 0) is 18.6 Å². The van der Waals surface area contributed by atoms with Crippen LogP contribution in [0.5, 0.6) is 0 Å². The lowest BCUT2D eigenvalue weighted by atomic mass is 10.2. The second kappa shape index (κ2) is 2.27. The van der Waals surface area contributed by atoms with Crippen molar-refractivity contribution in [1.29, 1.82) is 0 Å². The summed E-state index contributed by atoms with van der Waals surface area (Å²) in [6.07, 6.45) is 1.44. The third-order valence-electron chi connectivity index (χ3n) is 1.66. The van der Waals surface area contributed by atoms with Crippen LogP contribution in [0.1, 0.15) is 5.56 Å². The van der Waals surface area contributed by atoms with E-state index in [9.17, 15) is 0 Å². The van der Waals surface area contributed by atoms with Crippen molar-refractivity contribution in [2.24, 2.45) is 0 Å². The maximum absolute atomic E-state index is 5.14. The first-order valence-corrected chi connectivity index (χ1v) is 3.75. The molecule has 0 aliphatic rings. The molecule has 1 heterocycles. The predicted molar refractivity (Wildman–Crippen MR) is 46.0 cm³/mol. The number of fused-ring (bicyclic) bond motifs is 1. The van der Waals surface area contributed by atoms with Crippen LogP contribution in [0.15, 0.2) is 27.8 Å². The van der Waals surface area contributed by atoms with Crippen LogP contribution >= 0.6 is 12.6 Å². The van der Waals surface area contributed by atoms with E-state index >= 15 is 0 Å². The lowest BCUT2D eigenvalue weighted by Crippen LogP contribution is -1.76. The van der Waals surface area contributed by atoms with Gasteiger partial charge in [-0.2, -0.15) is 0 Å². The average Bonchev–Trinajstić information content (AvgIpc) is 2.45. The third-order valence-corrected chi connectivity index (χ3v) is 2.02. The third kappa shape index (κ3) is 0.922. The molecule has 0 saturated heterocycles. The molecule has 1 aromatic heterocycles. The van der Waals surface area contributed by atoms with Crippen molar-refractivity contribution in [2.45, 2.75) is 11.8 Å². The standard InChI is InChI=1S/C8H7NOS/c1-5-2-3-6(11)8-7(5)9-4-10-8/h2-4,11H,1H3. The summed E-state index contributed by atoms with van der Waals surface area (Å²) >= 11 is 4.23. The molecule has 0 fully saturated rings. The molecule has 2 aromatic rings. The summed E-state index contributed by atoms with van der Waals surface area (Å²) in [6.45, 7) is 2.00. The Morgan fingerprint density at radius 1 is 1.45 bits per heavy atom. The Morgan fingerprint density at radius 3 is 3.00 bits per heavy atom. The monoisotopic (exact) mass is 165 g/mol. The maximum Gasteiger partial charge on any atom is 0.182 e. The van der Waals surface area contributed by atoms with Crippen molar-refractivity contribution >= 4 is 23.7 Å². The molecule has 0 atom stereocenters. The average molecular weight is 165 g/mol. The molecule has 0 amide bonds. The van der Waals surface area contributed by atoms with Crippen molar-refractivity contribution in [1.82, 2.24) is 4.98 Å². The number of nitrogens with zero attached hydrogens (tertiary/aromatic N) is 1. The fourth-order valence-corrected chi connectivity index (χ4v) is 1.30. The van der Waals surface area contributed by atoms with Gasteiger partial charge in [0.15, 0.2) is 12.0 Å². The van der Waals surface area contributed by atoms with Crippen molar-refractivity contribution in [2.75, 3.05) is 0 Å². The van der Waals surface area contributed by atoms with E-state index in [2.05, 4.69) is 17.6 Å². The second-order valence-corrected chi connectivity index (χ2v) is 2.91. The van der Waals surface area contributed by atoms with Gasteiger partial charge in [-0.25, -0.2) is 4.98 Å². The van der Waals surface area contributed by atoms with E-state index in [0.717, 1.165) is 21.6 Å². The normalized spacial score (nSPS) is 10.7. The van der Waals surface area contributed by atoms with E-state index in [4.69, 9.17) is 4.42 Å².